The molecule has 4 aromatic rings. The van der Waals surface area contributed by atoms with Crippen molar-refractivity contribution < 1.29 is 4.74 Å². The summed E-state index contributed by atoms with van der Waals surface area (Å²) in [4.78, 5) is 14.6. The molecule has 0 bridgehead atoms. The van der Waals surface area contributed by atoms with Gasteiger partial charge in [-0.1, -0.05) is 12.1 Å². The number of benzene rings is 1. The van der Waals surface area contributed by atoms with E-state index in [1.54, 1.807) is 18.4 Å². The molecule has 0 aliphatic rings. The van der Waals surface area contributed by atoms with Gasteiger partial charge in [-0.3, -0.25) is 0 Å². The van der Waals surface area contributed by atoms with Crippen molar-refractivity contribution >= 4 is 23.0 Å². The summed E-state index contributed by atoms with van der Waals surface area (Å²) in [6, 6.07) is 17.7. The number of rotatable bonds is 5. The molecule has 3 heterocycles. The second-order valence-corrected chi connectivity index (χ2v) is 7.04. The molecule has 0 aliphatic heterocycles. The van der Waals surface area contributed by atoms with Crippen LogP contribution in [0.25, 0.3) is 21.1 Å². The number of methoxy groups -OCH3 is 1. The van der Waals surface area contributed by atoms with Crippen LogP contribution < -0.4 is 10.1 Å². The maximum atomic E-state index is 5.21. The summed E-state index contributed by atoms with van der Waals surface area (Å²) in [7, 11) is 1.66. The Bertz CT molecular complexity index is 1040. The largest absolute Gasteiger partial charge is 0.497 e. The zero-order valence-electron chi connectivity index (χ0n) is 15.0. The van der Waals surface area contributed by atoms with Gasteiger partial charge in [0, 0.05) is 18.0 Å². The van der Waals surface area contributed by atoms with Crippen LogP contribution in [0.15, 0.2) is 67.0 Å². The highest BCUT2D eigenvalue weighted by Crippen LogP contribution is 2.32. The molecular formula is C21H18N4OS. The summed E-state index contributed by atoms with van der Waals surface area (Å²) in [5, 5.41) is 4.19. The Balaban J connectivity index is 1.56. The van der Waals surface area contributed by atoms with Crippen molar-refractivity contribution in [2.24, 2.45) is 0 Å². The number of thiazole rings is 1. The maximum Gasteiger partial charge on any atom is 0.132 e. The van der Waals surface area contributed by atoms with E-state index in [2.05, 4.69) is 15.3 Å². The van der Waals surface area contributed by atoms with E-state index in [1.165, 1.54) is 0 Å². The first-order valence-electron chi connectivity index (χ1n) is 8.48. The van der Waals surface area contributed by atoms with Crippen LogP contribution in [0.3, 0.4) is 0 Å². The van der Waals surface area contributed by atoms with Crippen molar-refractivity contribution in [1.82, 2.24) is 15.0 Å². The van der Waals surface area contributed by atoms with Crippen LogP contribution in [0, 0.1) is 6.92 Å². The summed E-state index contributed by atoms with van der Waals surface area (Å²) in [5.41, 5.74) is 3.06. The van der Waals surface area contributed by atoms with Gasteiger partial charge >= 0.3 is 0 Å². The highest BCUT2D eigenvalue weighted by atomic mass is 32.1. The van der Waals surface area contributed by atoms with Gasteiger partial charge in [-0.2, -0.15) is 0 Å². The van der Waals surface area contributed by atoms with E-state index < -0.39 is 0 Å². The monoisotopic (exact) mass is 374 g/mol. The van der Waals surface area contributed by atoms with Crippen molar-refractivity contribution in [2.75, 3.05) is 12.4 Å². The normalized spacial score (nSPS) is 10.6. The van der Waals surface area contributed by atoms with E-state index in [0.717, 1.165) is 44.1 Å². The number of pyridine rings is 2. The van der Waals surface area contributed by atoms with Gasteiger partial charge in [0.2, 0.25) is 0 Å². The highest BCUT2D eigenvalue weighted by Gasteiger charge is 2.09. The summed E-state index contributed by atoms with van der Waals surface area (Å²) in [6.07, 6.45) is 3.69. The first-order valence-corrected chi connectivity index (χ1v) is 9.30. The average Bonchev–Trinajstić information content (AvgIpc) is 3.20. The van der Waals surface area contributed by atoms with Crippen LogP contribution >= 0.6 is 11.3 Å². The molecule has 1 N–H and O–H groups in total. The van der Waals surface area contributed by atoms with Gasteiger partial charge in [0.15, 0.2) is 0 Å². The molecule has 0 radical (unpaired) electrons. The summed E-state index contributed by atoms with van der Waals surface area (Å²) in [6.45, 7) is 2.01. The number of nitrogens with one attached hydrogen (secondary N) is 1. The quantitative estimate of drug-likeness (QED) is 0.512. The molecule has 4 rings (SSSR count). The third kappa shape index (κ3) is 3.96. The van der Waals surface area contributed by atoms with E-state index in [-0.39, 0.29) is 0 Å². The molecule has 0 atom stereocenters. The third-order valence-corrected chi connectivity index (χ3v) is 5.08. The van der Waals surface area contributed by atoms with Crippen LogP contribution in [-0.2, 0) is 0 Å². The van der Waals surface area contributed by atoms with Gasteiger partial charge in [-0.25, -0.2) is 15.0 Å². The minimum Gasteiger partial charge on any atom is -0.497 e. The molecule has 0 saturated carbocycles. The number of hydrogen-bond donors (Lipinski definition) is 1. The molecule has 0 fully saturated rings. The molecule has 3 aromatic heterocycles. The minimum absolute atomic E-state index is 0.753. The molecule has 5 nitrogen and oxygen atoms in total. The molecule has 0 unspecified atom stereocenters. The van der Waals surface area contributed by atoms with Gasteiger partial charge < -0.3 is 10.1 Å². The Morgan fingerprint density at radius 3 is 2.48 bits per heavy atom. The van der Waals surface area contributed by atoms with Gasteiger partial charge in [-0.05, 0) is 55.0 Å². The first-order chi connectivity index (χ1) is 13.2. The van der Waals surface area contributed by atoms with E-state index in [1.807, 2.05) is 73.9 Å². The summed E-state index contributed by atoms with van der Waals surface area (Å²) < 4.78 is 5.21. The van der Waals surface area contributed by atoms with Crippen LogP contribution in [0.4, 0.5) is 11.6 Å². The number of anilines is 2. The van der Waals surface area contributed by atoms with Crippen LogP contribution in [0.1, 0.15) is 5.56 Å². The van der Waals surface area contributed by atoms with Gasteiger partial charge in [0.05, 0.1) is 17.7 Å². The SMILES string of the molecule is COc1ccc(-c2ncc(-c3cccc(Nc4ccc(C)cn4)n3)s2)cc1. The molecule has 0 amide bonds. The van der Waals surface area contributed by atoms with E-state index in [0.29, 0.717) is 0 Å². The zero-order valence-corrected chi connectivity index (χ0v) is 15.8. The van der Waals surface area contributed by atoms with E-state index >= 15 is 0 Å². The molecule has 6 heteroatoms. The Labute approximate surface area is 161 Å². The van der Waals surface area contributed by atoms with Crippen LogP contribution in [0.5, 0.6) is 5.75 Å². The molecule has 0 aliphatic carbocycles. The number of ether oxygens (including phenoxy) is 1. The molecule has 27 heavy (non-hydrogen) atoms. The standard InChI is InChI=1S/C21H18N4OS/c1-14-6-11-19(22-12-14)25-20-5-3-4-17(24-20)18-13-23-21(27-18)15-7-9-16(26-2)10-8-15/h3-13H,1-2H3,(H,22,24,25). The second-order valence-electron chi connectivity index (χ2n) is 6.01. The minimum atomic E-state index is 0.753. The summed E-state index contributed by atoms with van der Waals surface area (Å²) in [5.74, 6) is 2.36. The van der Waals surface area contributed by atoms with Crippen molar-refractivity contribution in [3.63, 3.8) is 0 Å². The number of aryl methyl sites for hydroxylation is 1. The Morgan fingerprint density at radius 1 is 0.889 bits per heavy atom. The smallest absolute Gasteiger partial charge is 0.132 e. The van der Waals surface area contributed by atoms with Crippen molar-refractivity contribution in [1.29, 1.82) is 0 Å². The molecule has 134 valence electrons. The lowest BCUT2D eigenvalue weighted by Crippen LogP contribution is -1.96. The predicted molar refractivity (Wildman–Crippen MR) is 110 cm³/mol. The molecule has 0 saturated heterocycles. The van der Waals surface area contributed by atoms with Crippen LogP contribution in [-0.4, -0.2) is 22.1 Å². The summed E-state index contributed by atoms with van der Waals surface area (Å²) >= 11 is 1.61. The first kappa shape index (κ1) is 17.2. The van der Waals surface area contributed by atoms with Crippen molar-refractivity contribution in [3.05, 3.63) is 72.6 Å². The second kappa shape index (κ2) is 7.55. The Hall–Kier alpha value is -3.25. The predicted octanol–water partition coefficient (Wildman–Crippen LogP) is 5.33. The fourth-order valence-electron chi connectivity index (χ4n) is 2.57. The molecule has 1 aromatic carbocycles. The fraction of sp³-hybridized carbons (Fsp3) is 0.0952. The lowest BCUT2D eigenvalue weighted by atomic mass is 10.2. The van der Waals surface area contributed by atoms with Crippen molar-refractivity contribution in [2.45, 2.75) is 6.92 Å². The Kier molecular flexibility index (Phi) is 4.80. The molecule has 0 spiro atoms. The Morgan fingerprint density at radius 2 is 1.74 bits per heavy atom. The van der Waals surface area contributed by atoms with E-state index in [9.17, 15) is 0 Å². The fourth-order valence-corrected chi connectivity index (χ4v) is 3.47. The topological polar surface area (TPSA) is 59.9 Å². The number of nitrogens with zero attached hydrogens (tertiary/aromatic N) is 3. The van der Waals surface area contributed by atoms with Gasteiger partial charge in [0.1, 0.15) is 22.4 Å². The number of aromatic nitrogens is 3. The number of hydrogen-bond acceptors (Lipinski definition) is 6. The van der Waals surface area contributed by atoms with Crippen LogP contribution in [0.2, 0.25) is 0 Å². The molecular weight excluding hydrogens is 356 g/mol. The van der Waals surface area contributed by atoms with Gasteiger partial charge in [-0.15, -0.1) is 11.3 Å². The van der Waals surface area contributed by atoms with Crippen molar-refractivity contribution in [3.8, 4) is 26.9 Å². The lowest BCUT2D eigenvalue weighted by molar-refractivity contribution is 0.415. The zero-order chi connectivity index (χ0) is 18.6. The van der Waals surface area contributed by atoms with Gasteiger partial charge in [0.25, 0.3) is 0 Å². The average molecular weight is 374 g/mol. The third-order valence-electron chi connectivity index (χ3n) is 4.01. The van der Waals surface area contributed by atoms with E-state index in [4.69, 9.17) is 9.72 Å². The highest BCUT2D eigenvalue weighted by molar-refractivity contribution is 7.18. The maximum absolute atomic E-state index is 5.21. The lowest BCUT2D eigenvalue weighted by Gasteiger charge is -2.06.